The van der Waals surface area contributed by atoms with Gasteiger partial charge in [0.25, 0.3) is 0 Å². The Balaban J connectivity index is 2.94. The number of nitrogens with one attached hydrogen (secondary N) is 1. The molecule has 0 radical (unpaired) electrons. The van der Waals surface area contributed by atoms with Crippen molar-refractivity contribution >= 4 is 0 Å². The molecule has 14 heavy (non-hydrogen) atoms. The average molecular weight is 198 g/mol. The second-order valence-electron chi connectivity index (χ2n) is 3.64. The average Bonchev–Trinajstić information content (AvgIpc) is 2.15. The van der Waals surface area contributed by atoms with Gasteiger partial charge in [0, 0.05) is 19.1 Å². The van der Waals surface area contributed by atoms with Crippen LogP contribution in [-0.2, 0) is 4.74 Å². The maximum atomic E-state index is 5.34. The molecular weight excluding hydrogens is 176 g/mol. The Bertz CT molecular complexity index is 170. The molecule has 3 nitrogen and oxygen atoms in total. The molecule has 0 bridgehead atoms. The van der Waals surface area contributed by atoms with E-state index < -0.39 is 0 Å². The third kappa shape index (κ3) is 11.3. The maximum absolute atomic E-state index is 5.34. The van der Waals surface area contributed by atoms with E-state index in [0.717, 1.165) is 38.5 Å². The van der Waals surface area contributed by atoms with E-state index in [4.69, 9.17) is 10.5 Å². The molecule has 0 amide bonds. The fourth-order valence-electron chi connectivity index (χ4n) is 0.987. The van der Waals surface area contributed by atoms with Gasteiger partial charge in [-0.05, 0) is 25.4 Å². The second kappa shape index (κ2) is 10.4. The minimum absolute atomic E-state index is 0.689. The summed E-state index contributed by atoms with van der Waals surface area (Å²) in [5.74, 6) is 3.47. The van der Waals surface area contributed by atoms with E-state index in [-0.39, 0.29) is 0 Å². The van der Waals surface area contributed by atoms with Crippen LogP contribution in [0.5, 0.6) is 0 Å². The first-order valence-electron chi connectivity index (χ1n) is 5.24. The molecule has 3 heteroatoms. The quantitative estimate of drug-likeness (QED) is 0.347. The van der Waals surface area contributed by atoms with Crippen LogP contribution in [0.2, 0.25) is 0 Å². The molecular formula is C11H22N2O. The Morgan fingerprint density at radius 3 is 2.79 bits per heavy atom. The van der Waals surface area contributed by atoms with Crippen LogP contribution in [0.1, 0.15) is 26.7 Å². The molecule has 0 aliphatic rings. The van der Waals surface area contributed by atoms with Crippen LogP contribution in [0.4, 0.5) is 0 Å². The summed E-state index contributed by atoms with van der Waals surface area (Å²) in [6.45, 7) is 8.01. The van der Waals surface area contributed by atoms with Gasteiger partial charge in [-0.15, -0.1) is 0 Å². The third-order valence-corrected chi connectivity index (χ3v) is 1.67. The molecule has 0 aromatic heterocycles. The van der Waals surface area contributed by atoms with E-state index in [9.17, 15) is 0 Å². The molecule has 0 aromatic rings. The van der Waals surface area contributed by atoms with Crippen LogP contribution in [0, 0.1) is 17.9 Å². The highest BCUT2D eigenvalue weighted by atomic mass is 16.5. The third-order valence-electron chi connectivity index (χ3n) is 1.67. The number of hydrogen-bond donors (Lipinski definition) is 2. The van der Waals surface area contributed by atoms with Gasteiger partial charge in [0.1, 0.15) is 0 Å². The van der Waals surface area contributed by atoms with Gasteiger partial charge in [-0.3, -0.25) is 0 Å². The highest BCUT2D eigenvalue weighted by Gasteiger charge is 1.92. The fraction of sp³-hybridized carbons (Fsp3) is 0.818. The highest BCUT2D eigenvalue weighted by molar-refractivity contribution is 4.93. The highest BCUT2D eigenvalue weighted by Crippen LogP contribution is 1.88. The Hall–Kier alpha value is -0.720. The lowest BCUT2D eigenvalue weighted by molar-refractivity contribution is 0.137. The lowest BCUT2D eigenvalue weighted by atomic mass is 10.2. The van der Waals surface area contributed by atoms with Crippen molar-refractivity contribution in [2.75, 3.05) is 26.3 Å². The molecule has 0 saturated carbocycles. The second-order valence-corrected chi connectivity index (χ2v) is 3.64. The summed E-state index contributed by atoms with van der Waals surface area (Å²) >= 11 is 0. The summed E-state index contributed by atoms with van der Waals surface area (Å²) in [6.07, 6.45) is 1.79. The minimum atomic E-state index is 0.689. The topological polar surface area (TPSA) is 47.3 Å². The molecule has 0 fully saturated rings. The van der Waals surface area contributed by atoms with Crippen LogP contribution in [0.15, 0.2) is 0 Å². The largest absolute Gasteiger partial charge is 0.380 e. The van der Waals surface area contributed by atoms with Crippen LogP contribution in [0.3, 0.4) is 0 Å². The first-order valence-corrected chi connectivity index (χ1v) is 5.24. The first-order chi connectivity index (χ1) is 6.77. The van der Waals surface area contributed by atoms with Crippen molar-refractivity contribution in [2.45, 2.75) is 26.7 Å². The van der Waals surface area contributed by atoms with Crippen molar-refractivity contribution in [3.8, 4) is 12.0 Å². The van der Waals surface area contributed by atoms with Gasteiger partial charge in [-0.2, -0.15) is 0 Å². The molecule has 0 spiro atoms. The van der Waals surface area contributed by atoms with Gasteiger partial charge >= 0.3 is 0 Å². The summed E-state index contributed by atoms with van der Waals surface area (Å²) in [5, 5.41) is 3.36. The van der Waals surface area contributed by atoms with Crippen molar-refractivity contribution in [1.29, 1.82) is 0 Å². The number of rotatable bonds is 8. The summed E-state index contributed by atoms with van der Waals surface area (Å²) in [6, 6.07) is 2.35. The molecule has 3 N–H and O–H groups in total. The van der Waals surface area contributed by atoms with Gasteiger partial charge in [-0.1, -0.05) is 19.8 Å². The fourth-order valence-corrected chi connectivity index (χ4v) is 0.987. The van der Waals surface area contributed by atoms with Gasteiger partial charge in [0.2, 0.25) is 0 Å². The van der Waals surface area contributed by atoms with Crippen LogP contribution < -0.4 is 11.1 Å². The zero-order valence-corrected chi connectivity index (χ0v) is 9.31. The standard InChI is InChI=1S/C11H22N2O/c1-11(2)10-13-7-5-9-14-8-4-3-6-12/h11,13H,4-5,7-10,12H2,1-2H3. The smallest absolute Gasteiger partial charge is 0.0576 e. The molecule has 0 atom stereocenters. The normalized spacial score (nSPS) is 9.93. The van der Waals surface area contributed by atoms with E-state index in [1.165, 1.54) is 0 Å². The molecule has 82 valence electrons. The van der Waals surface area contributed by atoms with Gasteiger partial charge < -0.3 is 15.8 Å². The summed E-state index contributed by atoms with van der Waals surface area (Å²) in [5.41, 5.74) is 5.01. The summed E-state index contributed by atoms with van der Waals surface area (Å²) in [4.78, 5) is 0. The SMILES string of the molecule is CC(C)CNCCCOCCC#CN. The Labute approximate surface area is 87.4 Å². The van der Waals surface area contributed by atoms with Crippen LogP contribution in [0.25, 0.3) is 0 Å². The molecule has 0 rings (SSSR count). The maximum Gasteiger partial charge on any atom is 0.0576 e. The molecule has 0 saturated heterocycles. The molecule has 0 aliphatic carbocycles. The summed E-state index contributed by atoms with van der Waals surface area (Å²) < 4.78 is 5.34. The van der Waals surface area contributed by atoms with Crippen molar-refractivity contribution < 1.29 is 4.74 Å². The minimum Gasteiger partial charge on any atom is -0.380 e. The Kier molecular flexibility index (Phi) is 9.83. The lowest BCUT2D eigenvalue weighted by Crippen LogP contribution is -2.21. The van der Waals surface area contributed by atoms with Crippen molar-refractivity contribution in [2.24, 2.45) is 11.7 Å². The number of hydrogen-bond acceptors (Lipinski definition) is 3. The molecule has 0 aromatic carbocycles. The van der Waals surface area contributed by atoms with Crippen LogP contribution in [-0.4, -0.2) is 26.3 Å². The molecule has 0 heterocycles. The van der Waals surface area contributed by atoms with E-state index in [0.29, 0.717) is 6.61 Å². The Morgan fingerprint density at radius 1 is 1.36 bits per heavy atom. The van der Waals surface area contributed by atoms with E-state index in [2.05, 4.69) is 31.1 Å². The first kappa shape index (κ1) is 13.3. The zero-order valence-electron chi connectivity index (χ0n) is 9.31. The van der Waals surface area contributed by atoms with Crippen molar-refractivity contribution in [3.05, 3.63) is 0 Å². The lowest BCUT2D eigenvalue weighted by Gasteiger charge is -2.06. The monoisotopic (exact) mass is 198 g/mol. The van der Waals surface area contributed by atoms with Gasteiger partial charge in [-0.25, -0.2) is 0 Å². The van der Waals surface area contributed by atoms with E-state index >= 15 is 0 Å². The van der Waals surface area contributed by atoms with Gasteiger partial charge in [0.05, 0.1) is 6.61 Å². The predicted octanol–water partition coefficient (Wildman–Crippen LogP) is 0.948. The number of ether oxygens (including phenoxy) is 1. The van der Waals surface area contributed by atoms with E-state index in [1.54, 1.807) is 0 Å². The van der Waals surface area contributed by atoms with Crippen molar-refractivity contribution in [1.82, 2.24) is 5.32 Å². The number of nitrogens with two attached hydrogens (primary N) is 1. The summed E-state index contributed by atoms with van der Waals surface area (Å²) in [7, 11) is 0. The Morgan fingerprint density at radius 2 is 2.14 bits per heavy atom. The predicted molar refractivity (Wildman–Crippen MR) is 59.7 cm³/mol. The van der Waals surface area contributed by atoms with E-state index in [1.807, 2.05) is 0 Å². The van der Waals surface area contributed by atoms with Crippen molar-refractivity contribution in [3.63, 3.8) is 0 Å². The molecule has 0 aliphatic heterocycles. The van der Waals surface area contributed by atoms with Crippen LogP contribution >= 0.6 is 0 Å². The zero-order chi connectivity index (χ0) is 10.6. The molecule has 0 unspecified atom stereocenters. The van der Waals surface area contributed by atoms with Gasteiger partial charge in [0.15, 0.2) is 0 Å².